The Hall–Kier alpha value is -3.68. The molecule has 0 bridgehead atoms. The molecule has 172 valence electrons. The maximum atomic E-state index is 14.6. The molecular weight excluding hydrogens is 443 g/mol. The second-order valence-corrected chi connectivity index (χ2v) is 7.03. The monoisotopic (exact) mass is 462 g/mol. The molecule has 0 aliphatic carbocycles. The van der Waals surface area contributed by atoms with Crippen molar-refractivity contribution in [2.45, 2.75) is 26.2 Å². The number of allylic oxidation sites excluding steroid dienone is 1. The smallest absolute Gasteiger partial charge is 0.346 e. The summed E-state index contributed by atoms with van der Waals surface area (Å²) in [5, 5.41) is 0. The third-order valence-corrected chi connectivity index (χ3v) is 4.61. The Kier molecular flexibility index (Phi) is 7.82. The lowest BCUT2D eigenvalue weighted by atomic mass is 10.0. The molecule has 0 aliphatic heterocycles. The zero-order chi connectivity index (χ0) is 24.0. The molecule has 33 heavy (non-hydrogen) atoms. The van der Waals surface area contributed by atoms with Crippen LogP contribution in [0.4, 0.5) is 22.0 Å². The van der Waals surface area contributed by atoms with Crippen LogP contribution >= 0.6 is 0 Å². The van der Waals surface area contributed by atoms with Gasteiger partial charge in [0.15, 0.2) is 17.4 Å². The highest BCUT2D eigenvalue weighted by molar-refractivity contribution is 5.92. The van der Waals surface area contributed by atoms with Crippen molar-refractivity contribution in [3.05, 3.63) is 95.5 Å². The summed E-state index contributed by atoms with van der Waals surface area (Å²) in [5.41, 5.74) is 2.03. The van der Waals surface area contributed by atoms with Crippen LogP contribution in [0.3, 0.4) is 0 Å². The van der Waals surface area contributed by atoms with Crippen molar-refractivity contribution in [3.8, 4) is 22.6 Å². The third-order valence-electron chi connectivity index (χ3n) is 4.61. The number of esters is 1. The number of carbonyl (C=O) groups excluding carboxylic acids is 1. The molecule has 8 heteroatoms. The number of hydrogen-bond acceptors (Lipinski definition) is 3. The second kappa shape index (κ2) is 10.8. The third kappa shape index (κ3) is 6.19. The number of rotatable bonds is 8. The molecule has 0 fully saturated rings. The van der Waals surface area contributed by atoms with Crippen LogP contribution in [-0.4, -0.2) is 12.4 Å². The van der Waals surface area contributed by atoms with Crippen LogP contribution in [0, 0.1) is 17.5 Å². The van der Waals surface area contributed by atoms with Gasteiger partial charge in [0.1, 0.15) is 11.6 Å². The van der Waals surface area contributed by atoms with E-state index in [9.17, 15) is 26.7 Å². The van der Waals surface area contributed by atoms with Gasteiger partial charge in [0.2, 0.25) is 0 Å². The lowest BCUT2D eigenvalue weighted by molar-refractivity contribution is 0.0728. The minimum Gasteiger partial charge on any atom is -0.459 e. The number of aryl methyl sites for hydroxylation is 1. The van der Waals surface area contributed by atoms with Crippen LogP contribution in [0.2, 0.25) is 0 Å². The Morgan fingerprint density at radius 3 is 2.12 bits per heavy atom. The van der Waals surface area contributed by atoms with E-state index < -0.39 is 46.9 Å². The summed E-state index contributed by atoms with van der Waals surface area (Å²) < 4.78 is 76.2. The van der Waals surface area contributed by atoms with Crippen molar-refractivity contribution in [1.29, 1.82) is 0 Å². The molecule has 0 radical (unpaired) electrons. The van der Waals surface area contributed by atoms with E-state index in [0.717, 1.165) is 24.0 Å². The van der Waals surface area contributed by atoms with E-state index in [1.807, 2.05) is 24.3 Å². The molecule has 0 amide bonds. The number of carbonyl (C=O) groups is 1. The van der Waals surface area contributed by atoms with Gasteiger partial charge >= 0.3 is 5.97 Å². The highest BCUT2D eigenvalue weighted by atomic mass is 19.3. The van der Waals surface area contributed by atoms with Crippen LogP contribution in [0.5, 0.6) is 11.5 Å². The largest absolute Gasteiger partial charge is 0.459 e. The van der Waals surface area contributed by atoms with Gasteiger partial charge in [-0.15, -0.1) is 0 Å². The van der Waals surface area contributed by atoms with Crippen LogP contribution in [0.15, 0.2) is 66.9 Å². The van der Waals surface area contributed by atoms with Crippen molar-refractivity contribution in [1.82, 2.24) is 0 Å². The van der Waals surface area contributed by atoms with Crippen LogP contribution in [0.25, 0.3) is 11.1 Å². The van der Waals surface area contributed by atoms with E-state index in [-0.39, 0.29) is 0 Å². The van der Waals surface area contributed by atoms with E-state index in [1.54, 1.807) is 0 Å². The van der Waals surface area contributed by atoms with Gasteiger partial charge in [-0.2, -0.15) is 0 Å². The predicted molar refractivity (Wildman–Crippen MR) is 113 cm³/mol. The van der Waals surface area contributed by atoms with Gasteiger partial charge in [0.05, 0.1) is 11.8 Å². The molecule has 3 rings (SSSR count). The molecule has 3 aromatic carbocycles. The van der Waals surface area contributed by atoms with Gasteiger partial charge in [-0.25, -0.2) is 26.7 Å². The Bertz CT molecular complexity index is 1130. The van der Waals surface area contributed by atoms with E-state index in [2.05, 4.69) is 11.7 Å². The normalized spacial score (nSPS) is 11.2. The molecule has 3 nitrogen and oxygen atoms in total. The molecule has 0 saturated carbocycles. The van der Waals surface area contributed by atoms with Gasteiger partial charge in [0.25, 0.3) is 6.43 Å². The van der Waals surface area contributed by atoms with Crippen molar-refractivity contribution in [3.63, 3.8) is 0 Å². The summed E-state index contributed by atoms with van der Waals surface area (Å²) >= 11 is 0. The maximum Gasteiger partial charge on any atom is 0.346 e. The fraction of sp³-hybridized carbons (Fsp3) is 0.160. The number of hydrogen-bond donors (Lipinski definition) is 0. The Morgan fingerprint density at radius 1 is 0.909 bits per heavy atom. The lowest BCUT2D eigenvalue weighted by Crippen LogP contribution is -2.11. The molecule has 0 aromatic heterocycles. The van der Waals surface area contributed by atoms with Crippen LogP contribution < -0.4 is 9.47 Å². The molecule has 0 heterocycles. The Morgan fingerprint density at radius 2 is 1.55 bits per heavy atom. The summed E-state index contributed by atoms with van der Waals surface area (Å²) in [5.74, 6) is -6.11. The van der Waals surface area contributed by atoms with Gasteiger partial charge in [-0.1, -0.05) is 43.7 Å². The van der Waals surface area contributed by atoms with Crippen molar-refractivity contribution < 1.29 is 36.2 Å². The zero-order valence-corrected chi connectivity index (χ0v) is 17.5. The average Bonchev–Trinajstić information content (AvgIpc) is 2.76. The highest BCUT2D eigenvalue weighted by Gasteiger charge is 2.19. The summed E-state index contributed by atoms with van der Waals surface area (Å²) in [6.45, 7) is 2.07. The standard InChI is InChI=1S/C25H19F5O3/c1-2-3-15-4-6-16(7-5-15)17-8-9-19(20(26)12-17)25(31)33-18-13-21(27)24(22(28)14-18)32-11-10-23(29)30/h4-14,23H,2-3H2,1H3. The van der Waals surface area contributed by atoms with E-state index in [0.29, 0.717) is 30.0 Å². The first-order valence-electron chi connectivity index (χ1n) is 10.00. The maximum absolute atomic E-state index is 14.6. The minimum absolute atomic E-state index is 0.290. The van der Waals surface area contributed by atoms with Crippen LogP contribution in [-0.2, 0) is 6.42 Å². The fourth-order valence-corrected chi connectivity index (χ4v) is 3.05. The predicted octanol–water partition coefficient (Wildman–Crippen LogP) is 7.10. The highest BCUT2D eigenvalue weighted by Crippen LogP contribution is 2.29. The first-order chi connectivity index (χ1) is 15.8. The first kappa shape index (κ1) is 24.0. The molecule has 0 saturated heterocycles. The topological polar surface area (TPSA) is 35.5 Å². The van der Waals surface area contributed by atoms with Crippen molar-refractivity contribution in [2.24, 2.45) is 0 Å². The van der Waals surface area contributed by atoms with E-state index in [1.165, 1.54) is 18.2 Å². The first-order valence-corrected chi connectivity index (χ1v) is 10.00. The Labute approximate surface area is 187 Å². The van der Waals surface area contributed by atoms with Crippen LogP contribution in [0.1, 0.15) is 29.3 Å². The summed E-state index contributed by atoms with van der Waals surface area (Å²) in [7, 11) is 0. The van der Waals surface area contributed by atoms with Gasteiger partial charge < -0.3 is 9.47 Å². The molecule has 0 aliphatic rings. The molecule has 0 unspecified atom stereocenters. The molecule has 0 atom stereocenters. The summed E-state index contributed by atoms with van der Waals surface area (Å²) in [6, 6.07) is 12.7. The van der Waals surface area contributed by atoms with E-state index >= 15 is 0 Å². The fourth-order valence-electron chi connectivity index (χ4n) is 3.05. The van der Waals surface area contributed by atoms with Gasteiger partial charge in [-0.05, 0) is 35.2 Å². The number of alkyl halides is 2. The number of ether oxygens (including phenoxy) is 2. The molecule has 3 aromatic rings. The molecule has 0 N–H and O–H groups in total. The summed E-state index contributed by atoms with van der Waals surface area (Å²) in [6.07, 6.45) is -0.201. The molecular formula is C25H19F5O3. The number of benzene rings is 3. The Balaban J connectivity index is 1.75. The van der Waals surface area contributed by atoms with Gasteiger partial charge in [0, 0.05) is 18.2 Å². The molecule has 0 spiro atoms. The summed E-state index contributed by atoms with van der Waals surface area (Å²) in [4.78, 5) is 12.3. The van der Waals surface area contributed by atoms with Gasteiger partial charge in [-0.3, -0.25) is 0 Å². The second-order valence-electron chi connectivity index (χ2n) is 7.03. The number of halogens is 5. The average molecular weight is 462 g/mol. The minimum atomic E-state index is -2.86. The quantitative estimate of drug-likeness (QED) is 0.155. The van der Waals surface area contributed by atoms with Crippen molar-refractivity contribution in [2.75, 3.05) is 0 Å². The zero-order valence-electron chi connectivity index (χ0n) is 17.5. The lowest BCUT2D eigenvalue weighted by Gasteiger charge is -2.10. The van der Waals surface area contributed by atoms with Crippen molar-refractivity contribution >= 4 is 5.97 Å². The SMILES string of the molecule is CCCc1ccc(-c2ccc(C(=O)Oc3cc(F)c(OC=CC(F)F)c(F)c3)c(F)c2)cc1. The van der Waals surface area contributed by atoms with E-state index in [4.69, 9.17) is 4.74 Å².